The molecule has 0 unspecified atom stereocenters. The Morgan fingerprint density at radius 3 is 2.53 bits per heavy atom. The van der Waals surface area contributed by atoms with Crippen LogP contribution in [0.25, 0.3) is 22.2 Å². The topological polar surface area (TPSA) is 91.8 Å². The third-order valence-electron chi connectivity index (χ3n) is 5.47. The summed E-state index contributed by atoms with van der Waals surface area (Å²) in [5, 5.41) is 11.7. The average Bonchev–Trinajstić information content (AvgIpc) is 3.29. The van der Waals surface area contributed by atoms with E-state index in [9.17, 15) is 22.0 Å². The molecule has 0 saturated heterocycles. The number of aromatic amines is 1. The van der Waals surface area contributed by atoms with Crippen LogP contribution in [-0.4, -0.2) is 46.5 Å². The molecule has 0 spiro atoms. The number of aliphatic hydroxyl groups excluding tert-OH is 1. The highest BCUT2D eigenvalue weighted by molar-refractivity contribution is 5.98. The van der Waals surface area contributed by atoms with E-state index < -0.39 is 47.9 Å². The van der Waals surface area contributed by atoms with Crippen molar-refractivity contribution in [2.75, 3.05) is 25.1 Å². The van der Waals surface area contributed by atoms with E-state index >= 15 is 0 Å². The molecule has 1 aliphatic heterocycles. The number of alkyl halides is 1. The largest absolute Gasteiger partial charge is 0.461 e. The van der Waals surface area contributed by atoms with Crippen molar-refractivity contribution in [1.82, 2.24) is 9.97 Å². The predicted octanol–water partition coefficient (Wildman–Crippen LogP) is 5.08. The number of nitrogens with zero attached hydrogens (tertiary/aromatic N) is 2. The number of anilines is 1. The Morgan fingerprint density at radius 2 is 1.83 bits per heavy atom. The van der Waals surface area contributed by atoms with Gasteiger partial charge in [0.25, 0.3) is 6.02 Å². The Morgan fingerprint density at radius 1 is 1.06 bits per heavy atom. The first kappa shape index (κ1) is 23.5. The van der Waals surface area contributed by atoms with E-state index in [1.807, 2.05) is 0 Å². The molecule has 0 bridgehead atoms. The predicted molar refractivity (Wildman–Crippen MR) is 121 cm³/mol. The van der Waals surface area contributed by atoms with Gasteiger partial charge in [0.15, 0.2) is 23.1 Å². The summed E-state index contributed by atoms with van der Waals surface area (Å²) in [4.78, 5) is 10.7. The van der Waals surface area contributed by atoms with Gasteiger partial charge in [-0.2, -0.15) is 0 Å². The fraction of sp³-hybridized carbons (Fsp3) is 0.167. The maximum atomic E-state index is 14.9. The molecule has 3 heterocycles. The number of rotatable bonds is 5. The van der Waals surface area contributed by atoms with Gasteiger partial charge < -0.3 is 24.9 Å². The molecule has 5 rings (SSSR count). The molecule has 2 aromatic heterocycles. The molecule has 0 aliphatic carbocycles. The van der Waals surface area contributed by atoms with Crippen LogP contribution in [0.3, 0.4) is 0 Å². The third-order valence-corrected chi connectivity index (χ3v) is 5.47. The summed E-state index contributed by atoms with van der Waals surface area (Å²) >= 11 is 0. The summed E-state index contributed by atoms with van der Waals surface area (Å²) in [6.45, 7) is -1.65. The fourth-order valence-electron chi connectivity index (χ4n) is 3.66. The van der Waals surface area contributed by atoms with Crippen LogP contribution in [-0.2, 0) is 4.74 Å². The number of aromatic nitrogens is 2. The summed E-state index contributed by atoms with van der Waals surface area (Å²) in [7, 11) is 0. The number of fused-ring (bicyclic) bond motifs is 1. The Hall–Kier alpha value is -4.19. The van der Waals surface area contributed by atoms with Crippen LogP contribution in [0.2, 0.25) is 0 Å². The Balaban J connectivity index is 1.46. The number of H-pyrrole nitrogens is 1. The van der Waals surface area contributed by atoms with Gasteiger partial charge in [0.1, 0.15) is 29.6 Å². The van der Waals surface area contributed by atoms with Gasteiger partial charge in [0, 0.05) is 41.3 Å². The van der Waals surface area contributed by atoms with Crippen molar-refractivity contribution in [3.8, 4) is 22.6 Å². The summed E-state index contributed by atoms with van der Waals surface area (Å²) < 4.78 is 82.6. The van der Waals surface area contributed by atoms with Gasteiger partial charge in [-0.3, -0.25) is 0 Å². The minimum absolute atomic E-state index is 0.0540. The van der Waals surface area contributed by atoms with Crippen LogP contribution in [0.4, 0.5) is 27.6 Å². The van der Waals surface area contributed by atoms with Crippen LogP contribution < -0.4 is 10.1 Å². The highest BCUT2D eigenvalue weighted by Crippen LogP contribution is 2.39. The third kappa shape index (κ3) is 4.42. The molecule has 0 amide bonds. The van der Waals surface area contributed by atoms with Crippen LogP contribution in [0.1, 0.15) is 0 Å². The molecule has 3 N–H and O–H groups in total. The number of benzene rings is 2. The van der Waals surface area contributed by atoms with Gasteiger partial charge in [-0.25, -0.2) is 31.9 Å². The summed E-state index contributed by atoms with van der Waals surface area (Å²) in [6, 6.07) is 5.90. The van der Waals surface area contributed by atoms with Crippen LogP contribution >= 0.6 is 0 Å². The van der Waals surface area contributed by atoms with E-state index in [-0.39, 0.29) is 46.2 Å². The van der Waals surface area contributed by atoms with E-state index in [1.54, 1.807) is 0 Å². The quantitative estimate of drug-likeness (QED) is 0.330. The molecule has 0 saturated carbocycles. The van der Waals surface area contributed by atoms with Gasteiger partial charge in [0.05, 0.1) is 18.5 Å². The lowest BCUT2D eigenvalue weighted by atomic mass is 10.0. The molecule has 36 heavy (non-hydrogen) atoms. The normalized spacial score (nSPS) is 17.6. The molecule has 0 radical (unpaired) electrons. The van der Waals surface area contributed by atoms with E-state index in [2.05, 4.69) is 20.3 Å². The molecule has 7 nitrogen and oxygen atoms in total. The van der Waals surface area contributed by atoms with Crippen molar-refractivity contribution in [3.63, 3.8) is 0 Å². The lowest BCUT2D eigenvalue weighted by molar-refractivity contribution is 0.0181. The van der Waals surface area contributed by atoms with Gasteiger partial charge >= 0.3 is 0 Å². The van der Waals surface area contributed by atoms with Crippen molar-refractivity contribution in [2.45, 2.75) is 5.67 Å². The Kier molecular flexibility index (Phi) is 5.96. The molecule has 1 atom stereocenters. The van der Waals surface area contributed by atoms with E-state index in [0.717, 1.165) is 30.3 Å². The second-order valence-corrected chi connectivity index (χ2v) is 8.07. The van der Waals surface area contributed by atoms with Crippen molar-refractivity contribution < 1.29 is 36.5 Å². The van der Waals surface area contributed by atoms with Crippen LogP contribution in [0.15, 0.2) is 53.8 Å². The fourth-order valence-corrected chi connectivity index (χ4v) is 3.66. The standard InChI is InChI=1S/C24H17F5N4O3/c25-12-1-2-16(26)14(5-12)15-8-31-22-20(15)19(3-4-30-22)36-21-17(27)6-13(7-18(21)28)33-23-32-9-24(29,10-34)11-35-23/h1-8,34H,9-11H2,(H,30,31)(H,32,33)/t24-/m1/s1. The molecule has 0 fully saturated rings. The lowest BCUT2D eigenvalue weighted by Crippen LogP contribution is -2.43. The smallest absolute Gasteiger partial charge is 0.289 e. The second-order valence-electron chi connectivity index (χ2n) is 8.07. The van der Waals surface area contributed by atoms with E-state index in [4.69, 9.17) is 14.6 Å². The number of hydrogen-bond donors (Lipinski definition) is 3. The number of ether oxygens (including phenoxy) is 2. The van der Waals surface area contributed by atoms with Crippen molar-refractivity contribution >= 4 is 22.7 Å². The van der Waals surface area contributed by atoms with Gasteiger partial charge in [-0.05, 0) is 24.3 Å². The Bertz CT molecular complexity index is 1470. The number of aliphatic hydroxyl groups is 1. The van der Waals surface area contributed by atoms with Crippen molar-refractivity contribution in [2.24, 2.45) is 4.99 Å². The summed E-state index contributed by atoms with van der Waals surface area (Å²) in [5.41, 5.74) is -1.80. The number of halogens is 5. The number of aliphatic imine (C=N–C) groups is 1. The first-order chi connectivity index (χ1) is 17.3. The zero-order valence-electron chi connectivity index (χ0n) is 18.3. The lowest BCUT2D eigenvalue weighted by Gasteiger charge is -2.26. The number of amidine groups is 1. The Labute approximate surface area is 200 Å². The highest BCUT2D eigenvalue weighted by atomic mass is 19.2. The molecule has 12 heteroatoms. The molecule has 2 aromatic carbocycles. The minimum atomic E-state index is -2.03. The number of nitrogens with one attached hydrogen (secondary N) is 2. The zero-order valence-corrected chi connectivity index (χ0v) is 18.3. The number of hydrogen-bond acceptors (Lipinski definition) is 6. The van der Waals surface area contributed by atoms with Crippen molar-refractivity contribution in [3.05, 3.63) is 72.1 Å². The average molecular weight is 504 g/mol. The molecule has 186 valence electrons. The summed E-state index contributed by atoms with van der Waals surface area (Å²) in [5.74, 6) is -4.38. The van der Waals surface area contributed by atoms with Crippen LogP contribution in [0, 0.1) is 23.3 Å². The highest BCUT2D eigenvalue weighted by Gasteiger charge is 2.34. The van der Waals surface area contributed by atoms with Gasteiger partial charge in [-0.1, -0.05) is 0 Å². The molecular weight excluding hydrogens is 487 g/mol. The molecule has 4 aromatic rings. The zero-order chi connectivity index (χ0) is 25.4. The first-order valence-corrected chi connectivity index (χ1v) is 10.6. The molecule has 1 aliphatic rings. The number of pyridine rings is 1. The van der Waals surface area contributed by atoms with Gasteiger partial charge in [-0.15, -0.1) is 0 Å². The minimum Gasteiger partial charge on any atom is -0.461 e. The van der Waals surface area contributed by atoms with E-state index in [1.165, 1.54) is 18.5 Å². The first-order valence-electron chi connectivity index (χ1n) is 10.6. The van der Waals surface area contributed by atoms with Crippen LogP contribution in [0.5, 0.6) is 11.5 Å². The van der Waals surface area contributed by atoms with E-state index in [0.29, 0.717) is 0 Å². The molecular formula is C24H17F5N4O3. The second kappa shape index (κ2) is 9.11. The maximum absolute atomic E-state index is 14.9. The SMILES string of the molecule is OC[C@]1(F)CN=C(Nc2cc(F)c(Oc3ccnc4[nH]cc(-c5cc(F)ccc5F)c34)c(F)c2)OC1. The maximum Gasteiger partial charge on any atom is 0.289 e. The van der Waals surface area contributed by atoms with Crippen molar-refractivity contribution in [1.29, 1.82) is 0 Å². The summed E-state index contributed by atoms with van der Waals surface area (Å²) in [6.07, 6.45) is 2.71. The monoisotopic (exact) mass is 504 g/mol. The van der Waals surface area contributed by atoms with Gasteiger partial charge in [0.2, 0.25) is 0 Å².